The number of halogens is 1. The molecule has 4 amide bonds. The molecule has 8 heteroatoms. The number of rotatable bonds is 7. The van der Waals surface area contributed by atoms with Gasteiger partial charge in [0.2, 0.25) is 5.91 Å². The summed E-state index contributed by atoms with van der Waals surface area (Å²) in [5, 5.41) is 3.69. The number of benzene rings is 2. The summed E-state index contributed by atoms with van der Waals surface area (Å²) in [5.74, 6) is -1.15. The first-order chi connectivity index (χ1) is 15.5. The molecule has 0 bridgehead atoms. The number of hydrogen-bond donors (Lipinski definition) is 2. The Hall–Kier alpha value is -3.68. The Morgan fingerprint density at radius 3 is 2.59 bits per heavy atom. The highest BCUT2D eigenvalue weighted by Gasteiger charge is 2.41. The fraction of sp³-hybridized carbons (Fsp3) is 0.292. The van der Waals surface area contributed by atoms with Gasteiger partial charge in [-0.15, -0.1) is 0 Å². The van der Waals surface area contributed by atoms with Gasteiger partial charge in [-0.2, -0.15) is 0 Å². The first-order valence-electron chi connectivity index (χ1n) is 10.7. The molecule has 7 nitrogen and oxygen atoms in total. The van der Waals surface area contributed by atoms with Crippen molar-refractivity contribution < 1.29 is 18.8 Å². The number of nitrogens with zero attached hydrogens (tertiary/aromatic N) is 2. The summed E-state index contributed by atoms with van der Waals surface area (Å²) in [6.07, 6.45) is 3.84. The van der Waals surface area contributed by atoms with Gasteiger partial charge in [-0.25, -0.2) is 9.18 Å². The molecule has 164 valence electrons. The average Bonchev–Trinajstić information content (AvgIpc) is 3.50. The molecular formula is C24H23FN4O3. The van der Waals surface area contributed by atoms with Crippen LogP contribution in [-0.4, -0.2) is 51.3 Å². The van der Waals surface area contributed by atoms with Crippen LogP contribution in [0.25, 0.3) is 10.9 Å². The van der Waals surface area contributed by atoms with Crippen LogP contribution >= 0.6 is 0 Å². The summed E-state index contributed by atoms with van der Waals surface area (Å²) >= 11 is 0. The number of carbonyl (C=O) groups excluding carboxylic acids is 3. The van der Waals surface area contributed by atoms with Crippen LogP contribution in [0.1, 0.15) is 24.0 Å². The quantitative estimate of drug-likeness (QED) is 0.561. The number of para-hydroxylation sites is 1. The monoisotopic (exact) mass is 434 g/mol. The lowest BCUT2D eigenvalue weighted by Crippen LogP contribution is -2.44. The number of nitrogens with one attached hydrogen (secondary N) is 2. The van der Waals surface area contributed by atoms with Crippen LogP contribution in [0.3, 0.4) is 0 Å². The van der Waals surface area contributed by atoms with E-state index in [0.29, 0.717) is 12.0 Å². The molecule has 32 heavy (non-hydrogen) atoms. The summed E-state index contributed by atoms with van der Waals surface area (Å²) in [4.78, 5) is 44.2. The lowest BCUT2D eigenvalue weighted by atomic mass is 10.1. The maximum Gasteiger partial charge on any atom is 0.325 e. The van der Waals surface area contributed by atoms with Crippen molar-refractivity contribution in [2.75, 3.05) is 6.54 Å². The second-order valence-corrected chi connectivity index (χ2v) is 8.33. The van der Waals surface area contributed by atoms with Crippen LogP contribution in [-0.2, 0) is 22.6 Å². The molecule has 2 aromatic carbocycles. The Balaban J connectivity index is 1.28. The zero-order valence-electron chi connectivity index (χ0n) is 17.4. The highest BCUT2D eigenvalue weighted by molar-refractivity contribution is 6.06. The number of aromatic amines is 1. The number of aromatic nitrogens is 1. The number of amides is 4. The zero-order chi connectivity index (χ0) is 22.2. The fourth-order valence-electron chi connectivity index (χ4n) is 4.23. The molecule has 0 radical (unpaired) electrons. The number of urea groups is 1. The number of fused-ring (bicyclic) bond motifs is 1. The van der Waals surface area contributed by atoms with Gasteiger partial charge in [0.1, 0.15) is 18.4 Å². The van der Waals surface area contributed by atoms with Gasteiger partial charge in [-0.05, 0) is 30.5 Å². The van der Waals surface area contributed by atoms with E-state index in [4.69, 9.17) is 0 Å². The van der Waals surface area contributed by atoms with E-state index in [1.165, 1.54) is 6.07 Å². The molecule has 1 saturated heterocycles. The molecule has 2 aliphatic rings. The van der Waals surface area contributed by atoms with E-state index >= 15 is 0 Å². The van der Waals surface area contributed by atoms with E-state index in [2.05, 4.69) is 10.3 Å². The minimum atomic E-state index is -0.726. The molecule has 2 fully saturated rings. The minimum absolute atomic E-state index is 0.0184. The zero-order valence-corrected chi connectivity index (χ0v) is 17.4. The largest absolute Gasteiger partial charge is 0.361 e. The van der Waals surface area contributed by atoms with Crippen molar-refractivity contribution in [3.63, 3.8) is 0 Å². The van der Waals surface area contributed by atoms with Gasteiger partial charge in [0, 0.05) is 41.7 Å². The Bertz CT molecular complexity index is 1200. The Labute approximate surface area is 184 Å². The number of imide groups is 1. The van der Waals surface area contributed by atoms with Crippen molar-refractivity contribution in [3.8, 4) is 0 Å². The number of carbonyl (C=O) groups is 3. The minimum Gasteiger partial charge on any atom is -0.361 e. The molecular weight excluding hydrogens is 411 g/mol. The standard InChI is InChI=1S/C24H23FN4O3/c25-19-7-3-1-5-15(19)13-28(17-9-10-17)22(30)14-29-23(31)21(27-24(29)32)11-16-12-26-20-8-4-2-6-18(16)20/h1-8,12,17,21,26H,9-11,13-14H2,(H,27,32)/t21-/m1/s1. The van der Waals surface area contributed by atoms with E-state index in [0.717, 1.165) is 34.2 Å². The van der Waals surface area contributed by atoms with Gasteiger partial charge in [-0.3, -0.25) is 14.5 Å². The molecule has 5 rings (SSSR count). The summed E-state index contributed by atoms with van der Waals surface area (Å²) in [6.45, 7) is -0.224. The molecule has 3 aromatic rings. The smallest absolute Gasteiger partial charge is 0.325 e. The average molecular weight is 434 g/mol. The van der Waals surface area contributed by atoms with Crippen LogP contribution in [0.15, 0.2) is 54.7 Å². The lowest BCUT2D eigenvalue weighted by Gasteiger charge is -2.24. The summed E-state index contributed by atoms with van der Waals surface area (Å²) in [5.41, 5.74) is 2.30. The van der Waals surface area contributed by atoms with Gasteiger partial charge in [0.05, 0.1) is 0 Å². The molecule has 0 unspecified atom stereocenters. The number of H-pyrrole nitrogens is 1. The highest BCUT2D eigenvalue weighted by Crippen LogP contribution is 2.29. The Morgan fingerprint density at radius 2 is 1.81 bits per heavy atom. The molecule has 2 heterocycles. The van der Waals surface area contributed by atoms with Gasteiger partial charge in [0.25, 0.3) is 5.91 Å². The van der Waals surface area contributed by atoms with Crippen LogP contribution < -0.4 is 5.32 Å². The van der Waals surface area contributed by atoms with Crippen molar-refractivity contribution >= 4 is 28.7 Å². The molecule has 1 atom stereocenters. The first kappa shape index (κ1) is 20.2. The third kappa shape index (κ3) is 3.84. The van der Waals surface area contributed by atoms with E-state index in [-0.39, 0.29) is 30.9 Å². The summed E-state index contributed by atoms with van der Waals surface area (Å²) in [6, 6.07) is 12.8. The topological polar surface area (TPSA) is 85.5 Å². The van der Waals surface area contributed by atoms with Crippen LogP contribution in [0.5, 0.6) is 0 Å². The fourth-order valence-corrected chi connectivity index (χ4v) is 4.23. The van der Waals surface area contributed by atoms with Crippen molar-refractivity contribution in [3.05, 3.63) is 71.7 Å². The Morgan fingerprint density at radius 1 is 1.06 bits per heavy atom. The molecule has 0 spiro atoms. The van der Waals surface area contributed by atoms with E-state index in [1.807, 2.05) is 30.5 Å². The summed E-state index contributed by atoms with van der Waals surface area (Å²) in [7, 11) is 0. The second-order valence-electron chi connectivity index (χ2n) is 8.33. The van der Waals surface area contributed by atoms with Gasteiger partial charge in [-0.1, -0.05) is 36.4 Å². The van der Waals surface area contributed by atoms with Crippen molar-refractivity contribution in [1.29, 1.82) is 0 Å². The van der Waals surface area contributed by atoms with Crippen LogP contribution in [0.2, 0.25) is 0 Å². The first-order valence-corrected chi connectivity index (χ1v) is 10.7. The van der Waals surface area contributed by atoms with E-state index in [9.17, 15) is 18.8 Å². The van der Waals surface area contributed by atoms with Crippen molar-refractivity contribution in [2.24, 2.45) is 0 Å². The molecule has 1 saturated carbocycles. The lowest BCUT2D eigenvalue weighted by molar-refractivity contribution is -0.138. The molecule has 1 aromatic heterocycles. The van der Waals surface area contributed by atoms with E-state index in [1.54, 1.807) is 23.1 Å². The maximum absolute atomic E-state index is 14.1. The van der Waals surface area contributed by atoms with E-state index < -0.39 is 18.0 Å². The second kappa shape index (κ2) is 8.11. The summed E-state index contributed by atoms with van der Waals surface area (Å²) < 4.78 is 14.1. The third-order valence-corrected chi connectivity index (χ3v) is 6.11. The maximum atomic E-state index is 14.1. The van der Waals surface area contributed by atoms with Gasteiger partial charge >= 0.3 is 6.03 Å². The normalized spacial score (nSPS) is 18.3. The van der Waals surface area contributed by atoms with Gasteiger partial charge < -0.3 is 15.2 Å². The van der Waals surface area contributed by atoms with Gasteiger partial charge in [0.15, 0.2) is 0 Å². The molecule has 1 aliphatic heterocycles. The Kier molecular flexibility index (Phi) is 5.13. The van der Waals surface area contributed by atoms with Crippen molar-refractivity contribution in [1.82, 2.24) is 20.1 Å². The predicted molar refractivity (Wildman–Crippen MR) is 116 cm³/mol. The van der Waals surface area contributed by atoms with Crippen LogP contribution in [0.4, 0.5) is 9.18 Å². The third-order valence-electron chi connectivity index (χ3n) is 6.11. The highest BCUT2D eigenvalue weighted by atomic mass is 19.1. The number of hydrogen-bond acceptors (Lipinski definition) is 3. The molecule has 1 aliphatic carbocycles. The SMILES string of the molecule is O=C1N[C@H](Cc2c[nH]c3ccccc23)C(=O)N1CC(=O)N(Cc1ccccc1F)C1CC1. The van der Waals surface area contributed by atoms with Crippen molar-refractivity contribution in [2.45, 2.75) is 37.9 Å². The predicted octanol–water partition coefficient (Wildman–Crippen LogP) is 2.96. The molecule has 2 N–H and O–H groups in total. The van der Waals surface area contributed by atoms with Crippen LogP contribution in [0, 0.1) is 5.82 Å².